The molecule has 1 aromatic rings. The number of ether oxygens (including phenoxy) is 2. The van der Waals surface area contributed by atoms with Crippen LogP contribution in [-0.4, -0.2) is 25.4 Å². The molecule has 1 N–H and O–H groups in total. The standard InChI is InChI=1S/C13H20O3/c1-3-11(8-14)9-16-10-12-4-6-13(15-2)7-5-12/h4-7,11,14H,3,8-10H2,1-2H3/t11-/m1/s1. The largest absolute Gasteiger partial charge is 0.497 e. The summed E-state index contributed by atoms with van der Waals surface area (Å²) in [7, 11) is 1.65. The minimum absolute atomic E-state index is 0.194. The van der Waals surface area contributed by atoms with Gasteiger partial charge in [-0.15, -0.1) is 0 Å². The molecule has 0 aliphatic rings. The predicted octanol–water partition coefficient (Wildman–Crippen LogP) is 2.23. The summed E-state index contributed by atoms with van der Waals surface area (Å²) in [4.78, 5) is 0. The average Bonchev–Trinajstić information content (AvgIpc) is 2.35. The zero-order valence-corrected chi connectivity index (χ0v) is 9.98. The first-order chi connectivity index (χ1) is 7.80. The minimum atomic E-state index is 0.194. The molecular formula is C13H20O3. The number of hydrogen-bond acceptors (Lipinski definition) is 3. The number of benzene rings is 1. The van der Waals surface area contributed by atoms with Crippen LogP contribution < -0.4 is 4.74 Å². The number of aliphatic hydroxyl groups is 1. The molecule has 0 aliphatic heterocycles. The minimum Gasteiger partial charge on any atom is -0.497 e. The highest BCUT2D eigenvalue weighted by Crippen LogP contribution is 2.12. The van der Waals surface area contributed by atoms with E-state index >= 15 is 0 Å². The molecule has 0 aromatic heterocycles. The van der Waals surface area contributed by atoms with E-state index in [0.717, 1.165) is 17.7 Å². The summed E-state index contributed by atoms with van der Waals surface area (Å²) in [6, 6.07) is 7.81. The third kappa shape index (κ3) is 4.21. The average molecular weight is 224 g/mol. The van der Waals surface area contributed by atoms with Crippen LogP contribution in [0, 0.1) is 5.92 Å². The lowest BCUT2D eigenvalue weighted by molar-refractivity contribution is 0.0615. The summed E-state index contributed by atoms with van der Waals surface area (Å²) in [5.41, 5.74) is 1.12. The van der Waals surface area contributed by atoms with Crippen LogP contribution in [0.1, 0.15) is 18.9 Å². The molecule has 0 heterocycles. The molecule has 0 fully saturated rings. The van der Waals surface area contributed by atoms with Crippen LogP contribution in [0.5, 0.6) is 5.75 Å². The second-order valence-corrected chi connectivity index (χ2v) is 3.82. The van der Waals surface area contributed by atoms with E-state index in [1.807, 2.05) is 24.3 Å². The van der Waals surface area contributed by atoms with Gasteiger partial charge < -0.3 is 14.6 Å². The van der Waals surface area contributed by atoms with E-state index in [9.17, 15) is 0 Å². The van der Waals surface area contributed by atoms with Gasteiger partial charge in [0.2, 0.25) is 0 Å². The Kier molecular flexibility index (Phi) is 5.90. The van der Waals surface area contributed by atoms with Crippen molar-refractivity contribution in [3.8, 4) is 5.75 Å². The maximum absolute atomic E-state index is 8.99. The van der Waals surface area contributed by atoms with Crippen LogP contribution in [0.2, 0.25) is 0 Å². The fourth-order valence-corrected chi connectivity index (χ4v) is 1.36. The van der Waals surface area contributed by atoms with E-state index in [4.69, 9.17) is 14.6 Å². The Bertz CT molecular complexity index is 278. The SMILES string of the molecule is CC[C@H](CO)COCc1ccc(OC)cc1. The molecule has 1 rings (SSSR count). The van der Waals surface area contributed by atoms with Gasteiger partial charge in [0, 0.05) is 12.5 Å². The van der Waals surface area contributed by atoms with E-state index in [1.54, 1.807) is 7.11 Å². The van der Waals surface area contributed by atoms with Crippen LogP contribution >= 0.6 is 0 Å². The Hall–Kier alpha value is -1.06. The smallest absolute Gasteiger partial charge is 0.118 e. The Morgan fingerprint density at radius 2 is 1.94 bits per heavy atom. The normalized spacial score (nSPS) is 12.4. The van der Waals surface area contributed by atoms with Crippen LogP contribution in [0.4, 0.5) is 0 Å². The van der Waals surface area contributed by atoms with Crippen molar-refractivity contribution in [1.29, 1.82) is 0 Å². The van der Waals surface area contributed by atoms with Crippen LogP contribution in [0.25, 0.3) is 0 Å². The third-order valence-corrected chi connectivity index (χ3v) is 2.62. The molecule has 16 heavy (non-hydrogen) atoms. The first kappa shape index (κ1) is 13.0. The molecule has 0 amide bonds. The molecule has 1 atom stereocenters. The lowest BCUT2D eigenvalue weighted by Gasteiger charge is -2.12. The van der Waals surface area contributed by atoms with Crippen molar-refractivity contribution >= 4 is 0 Å². The number of aliphatic hydroxyl groups excluding tert-OH is 1. The van der Waals surface area contributed by atoms with Gasteiger partial charge in [-0.25, -0.2) is 0 Å². The maximum atomic E-state index is 8.99. The number of methoxy groups -OCH3 is 1. The second-order valence-electron chi connectivity index (χ2n) is 3.82. The Labute approximate surface area is 97.0 Å². The topological polar surface area (TPSA) is 38.7 Å². The van der Waals surface area contributed by atoms with Gasteiger partial charge in [-0.1, -0.05) is 19.1 Å². The highest BCUT2D eigenvalue weighted by molar-refractivity contribution is 5.26. The van der Waals surface area contributed by atoms with Crippen LogP contribution in [-0.2, 0) is 11.3 Å². The molecule has 0 saturated heterocycles. The molecule has 3 nitrogen and oxygen atoms in total. The van der Waals surface area contributed by atoms with Gasteiger partial charge in [-0.3, -0.25) is 0 Å². The number of hydrogen-bond donors (Lipinski definition) is 1. The summed E-state index contributed by atoms with van der Waals surface area (Å²) >= 11 is 0. The van der Waals surface area contributed by atoms with Crippen LogP contribution in [0.15, 0.2) is 24.3 Å². The van der Waals surface area contributed by atoms with Crippen molar-refractivity contribution < 1.29 is 14.6 Å². The lowest BCUT2D eigenvalue weighted by Crippen LogP contribution is -2.12. The molecule has 3 heteroatoms. The summed E-state index contributed by atoms with van der Waals surface area (Å²) in [6.07, 6.45) is 0.944. The maximum Gasteiger partial charge on any atom is 0.118 e. The van der Waals surface area contributed by atoms with Crippen LogP contribution in [0.3, 0.4) is 0 Å². The predicted molar refractivity (Wildman–Crippen MR) is 63.5 cm³/mol. The van der Waals surface area contributed by atoms with E-state index in [1.165, 1.54) is 0 Å². The van der Waals surface area contributed by atoms with Crippen molar-refractivity contribution in [2.45, 2.75) is 20.0 Å². The lowest BCUT2D eigenvalue weighted by atomic mass is 10.1. The van der Waals surface area contributed by atoms with E-state index in [-0.39, 0.29) is 12.5 Å². The zero-order valence-electron chi connectivity index (χ0n) is 9.98. The van der Waals surface area contributed by atoms with Gasteiger partial charge in [-0.05, 0) is 24.1 Å². The highest BCUT2D eigenvalue weighted by Gasteiger charge is 2.04. The first-order valence-electron chi connectivity index (χ1n) is 5.61. The quantitative estimate of drug-likeness (QED) is 0.772. The molecule has 0 saturated carbocycles. The van der Waals surface area contributed by atoms with Gasteiger partial charge in [-0.2, -0.15) is 0 Å². The summed E-state index contributed by atoms with van der Waals surface area (Å²) < 4.78 is 10.6. The molecule has 0 radical (unpaired) electrons. The van der Waals surface area contributed by atoms with Gasteiger partial charge in [0.05, 0.1) is 20.3 Å². The first-order valence-corrected chi connectivity index (χ1v) is 5.61. The van der Waals surface area contributed by atoms with E-state index in [0.29, 0.717) is 13.2 Å². The monoisotopic (exact) mass is 224 g/mol. The molecule has 0 unspecified atom stereocenters. The number of rotatable bonds is 7. The fraction of sp³-hybridized carbons (Fsp3) is 0.538. The van der Waals surface area contributed by atoms with E-state index < -0.39 is 0 Å². The van der Waals surface area contributed by atoms with Crippen molar-refractivity contribution in [1.82, 2.24) is 0 Å². The molecule has 0 aliphatic carbocycles. The molecule has 0 spiro atoms. The Morgan fingerprint density at radius 1 is 1.25 bits per heavy atom. The van der Waals surface area contributed by atoms with E-state index in [2.05, 4.69) is 6.92 Å². The molecule has 0 bridgehead atoms. The Morgan fingerprint density at radius 3 is 2.44 bits per heavy atom. The summed E-state index contributed by atoms with van der Waals surface area (Å²) in [5, 5.41) is 8.99. The molecule has 90 valence electrons. The zero-order chi connectivity index (χ0) is 11.8. The van der Waals surface area contributed by atoms with Crippen molar-refractivity contribution in [3.63, 3.8) is 0 Å². The second kappa shape index (κ2) is 7.25. The third-order valence-electron chi connectivity index (χ3n) is 2.62. The summed E-state index contributed by atoms with van der Waals surface area (Å²) in [6.45, 7) is 3.44. The highest BCUT2D eigenvalue weighted by atomic mass is 16.5. The van der Waals surface area contributed by atoms with Crippen molar-refractivity contribution in [2.75, 3.05) is 20.3 Å². The molecular weight excluding hydrogens is 204 g/mol. The Balaban J connectivity index is 2.31. The van der Waals surface area contributed by atoms with Gasteiger partial charge in [0.1, 0.15) is 5.75 Å². The van der Waals surface area contributed by atoms with Crippen molar-refractivity contribution in [3.05, 3.63) is 29.8 Å². The van der Waals surface area contributed by atoms with Gasteiger partial charge in [0.15, 0.2) is 0 Å². The van der Waals surface area contributed by atoms with Gasteiger partial charge in [0.25, 0.3) is 0 Å². The fourth-order valence-electron chi connectivity index (χ4n) is 1.36. The van der Waals surface area contributed by atoms with Gasteiger partial charge >= 0.3 is 0 Å². The molecule has 1 aromatic carbocycles. The summed E-state index contributed by atoms with van der Waals surface area (Å²) in [5.74, 6) is 1.10. The van der Waals surface area contributed by atoms with Crippen molar-refractivity contribution in [2.24, 2.45) is 5.92 Å².